The summed E-state index contributed by atoms with van der Waals surface area (Å²) in [6, 6.07) is 15.4. The molecule has 0 aliphatic heterocycles. The molecule has 1 heterocycles. The third kappa shape index (κ3) is 7.76. The van der Waals surface area contributed by atoms with E-state index in [-0.39, 0.29) is 0 Å². The van der Waals surface area contributed by atoms with Crippen molar-refractivity contribution in [2.24, 2.45) is 0 Å². The maximum atomic E-state index is 7.09. The lowest BCUT2D eigenvalue weighted by atomic mass is 9.89. The molecule has 1 aromatic heterocycles. The van der Waals surface area contributed by atoms with Crippen molar-refractivity contribution in [3.05, 3.63) is 94.7 Å². The number of allylic oxidation sites excluding steroid dienone is 5. The van der Waals surface area contributed by atoms with Gasteiger partial charge in [-0.2, -0.15) is 0 Å². The summed E-state index contributed by atoms with van der Waals surface area (Å²) in [4.78, 5) is 9.67. The standard InChI is InChI=1S/C37H48ClN5/c1-8-41(6)30-18-14-28(15-19-30)35(29-16-20-31(21-17-29)42(7)9-2)36-33(38)23-22-32-34(24-25-39-37(32)36)40-27(5)13-12-26-43(10-3)11-4/h14-25,27H,8-13,26H2,1-7H3/p+1. The van der Waals surface area contributed by atoms with Crippen molar-refractivity contribution in [1.29, 1.82) is 0 Å². The second-order valence-electron chi connectivity index (χ2n) is 11.4. The summed E-state index contributed by atoms with van der Waals surface area (Å²) in [5.74, 6) is 0. The zero-order valence-electron chi connectivity index (χ0n) is 27.1. The first-order chi connectivity index (χ1) is 20.8. The Morgan fingerprint density at radius 3 is 2.26 bits per heavy atom. The molecule has 1 N–H and O–H groups in total. The van der Waals surface area contributed by atoms with Crippen LogP contribution < -0.4 is 10.2 Å². The van der Waals surface area contributed by atoms with E-state index in [9.17, 15) is 0 Å². The van der Waals surface area contributed by atoms with Crippen LogP contribution in [0.1, 0.15) is 58.6 Å². The predicted octanol–water partition coefficient (Wildman–Crippen LogP) is 8.30. The maximum Gasteiger partial charge on any atom is 0.199 e. The topological polar surface area (TPSA) is 34.4 Å². The summed E-state index contributed by atoms with van der Waals surface area (Å²) in [6.07, 6.45) is 13.0. The molecule has 1 aliphatic carbocycles. The normalized spacial score (nSPS) is 13.6. The zero-order chi connectivity index (χ0) is 30.9. The summed E-state index contributed by atoms with van der Waals surface area (Å²) in [5.41, 5.74) is 8.66. The predicted molar refractivity (Wildman–Crippen MR) is 188 cm³/mol. The van der Waals surface area contributed by atoms with E-state index in [1.807, 2.05) is 12.3 Å². The minimum absolute atomic E-state index is 0.343. The van der Waals surface area contributed by atoms with E-state index < -0.39 is 0 Å². The number of nitrogens with zero attached hydrogens (tertiary/aromatic N) is 4. The summed E-state index contributed by atoms with van der Waals surface area (Å²) < 4.78 is 2.24. The van der Waals surface area contributed by atoms with Crippen molar-refractivity contribution in [1.82, 2.24) is 9.88 Å². The Bertz CT molecular complexity index is 1490. The lowest BCUT2D eigenvalue weighted by Gasteiger charge is -2.22. The van der Waals surface area contributed by atoms with E-state index in [4.69, 9.17) is 16.6 Å². The van der Waals surface area contributed by atoms with Crippen molar-refractivity contribution in [2.75, 3.05) is 57.0 Å². The van der Waals surface area contributed by atoms with E-state index in [0.717, 1.165) is 78.0 Å². The number of benzene rings is 2. The minimum atomic E-state index is 0.343. The van der Waals surface area contributed by atoms with Crippen LogP contribution in [-0.2, 0) is 0 Å². The van der Waals surface area contributed by atoms with Gasteiger partial charge in [0.1, 0.15) is 13.6 Å². The second-order valence-corrected chi connectivity index (χ2v) is 11.8. The number of pyridine rings is 1. The first-order valence-corrected chi connectivity index (χ1v) is 16.2. The highest BCUT2D eigenvalue weighted by atomic mass is 35.5. The highest BCUT2D eigenvalue weighted by Crippen LogP contribution is 2.40. The zero-order valence-corrected chi connectivity index (χ0v) is 27.9. The van der Waals surface area contributed by atoms with E-state index in [0.29, 0.717) is 11.1 Å². The largest absolute Gasteiger partial charge is 0.382 e. The van der Waals surface area contributed by atoms with Crippen LogP contribution >= 0.6 is 11.6 Å². The minimum Gasteiger partial charge on any atom is -0.382 e. The first kappa shape index (κ1) is 32.5. The monoisotopic (exact) mass is 598 g/mol. The van der Waals surface area contributed by atoms with Gasteiger partial charge in [0.2, 0.25) is 0 Å². The fourth-order valence-corrected chi connectivity index (χ4v) is 5.89. The molecule has 0 saturated heterocycles. The van der Waals surface area contributed by atoms with E-state index in [2.05, 4.69) is 129 Å². The molecule has 4 rings (SSSR count). The Hall–Kier alpha value is -3.41. The third-order valence-electron chi connectivity index (χ3n) is 8.66. The van der Waals surface area contributed by atoms with Gasteiger partial charge in [0.25, 0.3) is 0 Å². The number of fused-ring (bicyclic) bond motifs is 1. The number of aromatic nitrogens is 1. The molecule has 0 spiro atoms. The molecule has 6 heteroatoms. The van der Waals surface area contributed by atoms with Gasteiger partial charge in [0, 0.05) is 60.3 Å². The summed E-state index contributed by atoms with van der Waals surface area (Å²) in [6.45, 7) is 16.3. The van der Waals surface area contributed by atoms with Crippen LogP contribution in [0.15, 0.2) is 78.5 Å². The molecular weight excluding hydrogens is 550 g/mol. The smallest absolute Gasteiger partial charge is 0.199 e. The summed E-state index contributed by atoms with van der Waals surface area (Å²) >= 11 is 7.09. The molecule has 0 fully saturated rings. The molecular formula is C37H49ClN5+. The second kappa shape index (κ2) is 15.4. The van der Waals surface area contributed by atoms with Gasteiger partial charge in [0.15, 0.2) is 5.71 Å². The number of anilines is 2. The van der Waals surface area contributed by atoms with Gasteiger partial charge in [-0.05, 0) is 112 Å². The van der Waals surface area contributed by atoms with Crippen molar-refractivity contribution in [2.45, 2.75) is 53.5 Å². The lowest BCUT2D eigenvalue weighted by Crippen LogP contribution is -2.25. The van der Waals surface area contributed by atoms with Crippen LogP contribution in [0.2, 0.25) is 5.02 Å². The SMILES string of the molecule is CCN(CC)CCCC(C)Nc1ccnc2c(C(=C3C=CC(=[N+](C)CC)C=C3)c3ccc(N(C)CC)cc3)c(Cl)ccc12. The highest BCUT2D eigenvalue weighted by Gasteiger charge is 2.21. The summed E-state index contributed by atoms with van der Waals surface area (Å²) in [7, 11) is 4.24. The van der Waals surface area contributed by atoms with Crippen LogP contribution in [0.4, 0.5) is 11.4 Å². The first-order valence-electron chi connectivity index (χ1n) is 15.9. The highest BCUT2D eigenvalue weighted by molar-refractivity contribution is 6.34. The molecule has 0 amide bonds. The lowest BCUT2D eigenvalue weighted by molar-refractivity contribution is -0.491. The van der Waals surface area contributed by atoms with Gasteiger partial charge in [-0.25, -0.2) is 4.58 Å². The Balaban J connectivity index is 1.79. The third-order valence-corrected chi connectivity index (χ3v) is 8.98. The molecule has 0 saturated carbocycles. The van der Waals surface area contributed by atoms with Gasteiger partial charge in [-0.15, -0.1) is 0 Å². The molecule has 5 nitrogen and oxygen atoms in total. The van der Waals surface area contributed by atoms with Crippen LogP contribution in [0.25, 0.3) is 16.5 Å². The van der Waals surface area contributed by atoms with E-state index >= 15 is 0 Å². The average Bonchev–Trinajstić information content (AvgIpc) is 3.04. The fraction of sp³-hybridized carbons (Fsp3) is 0.405. The number of rotatable bonds is 13. The molecule has 2 aromatic carbocycles. The Kier molecular flexibility index (Phi) is 11.6. The van der Waals surface area contributed by atoms with E-state index in [1.165, 1.54) is 17.8 Å². The molecule has 0 radical (unpaired) electrons. The van der Waals surface area contributed by atoms with Crippen LogP contribution in [0, 0.1) is 0 Å². The molecule has 1 atom stereocenters. The summed E-state index contributed by atoms with van der Waals surface area (Å²) in [5, 5.41) is 5.57. The molecule has 1 aliphatic rings. The maximum absolute atomic E-state index is 7.09. The Morgan fingerprint density at radius 1 is 0.930 bits per heavy atom. The molecule has 1 unspecified atom stereocenters. The molecule has 228 valence electrons. The van der Waals surface area contributed by atoms with Crippen molar-refractivity contribution in [3.63, 3.8) is 0 Å². The van der Waals surface area contributed by atoms with Crippen molar-refractivity contribution < 1.29 is 4.58 Å². The van der Waals surface area contributed by atoms with Gasteiger partial charge in [-0.1, -0.05) is 37.6 Å². The van der Waals surface area contributed by atoms with Gasteiger partial charge in [-0.3, -0.25) is 4.98 Å². The van der Waals surface area contributed by atoms with Crippen LogP contribution in [0.5, 0.6) is 0 Å². The average molecular weight is 599 g/mol. The van der Waals surface area contributed by atoms with Crippen molar-refractivity contribution >= 4 is 45.2 Å². The number of halogens is 1. The molecule has 3 aromatic rings. The molecule has 43 heavy (non-hydrogen) atoms. The van der Waals surface area contributed by atoms with Crippen LogP contribution in [0.3, 0.4) is 0 Å². The Labute approximate surface area is 264 Å². The van der Waals surface area contributed by atoms with Gasteiger partial charge >= 0.3 is 0 Å². The van der Waals surface area contributed by atoms with E-state index in [1.54, 1.807) is 0 Å². The number of hydrogen-bond donors (Lipinski definition) is 1. The quantitative estimate of drug-likeness (QED) is 0.201. The van der Waals surface area contributed by atoms with Gasteiger partial charge in [0.05, 0.1) is 10.5 Å². The number of hydrogen-bond acceptors (Lipinski definition) is 4. The van der Waals surface area contributed by atoms with Crippen LogP contribution in [-0.4, -0.2) is 73.0 Å². The molecule has 0 bridgehead atoms. The van der Waals surface area contributed by atoms with Crippen molar-refractivity contribution in [3.8, 4) is 0 Å². The van der Waals surface area contributed by atoms with Gasteiger partial charge < -0.3 is 15.1 Å². The Morgan fingerprint density at radius 2 is 1.63 bits per heavy atom. The fourth-order valence-electron chi connectivity index (χ4n) is 5.64. The number of nitrogens with one attached hydrogen (secondary N) is 1.